The van der Waals surface area contributed by atoms with Crippen LogP contribution < -0.4 is 11.5 Å². The summed E-state index contributed by atoms with van der Waals surface area (Å²) in [7, 11) is 0. The zero-order valence-electron chi connectivity index (χ0n) is 11.4. The Balaban J connectivity index is 2.75. The van der Waals surface area contributed by atoms with Crippen LogP contribution in [0, 0.1) is 0 Å². The van der Waals surface area contributed by atoms with E-state index in [1.807, 2.05) is 0 Å². The number of aromatic nitrogens is 1. The smallest absolute Gasteiger partial charge is 0.404 e. The number of hydrogen-bond acceptors (Lipinski definition) is 4. The quantitative estimate of drug-likeness (QED) is 0.673. The molecule has 7 heteroatoms. The van der Waals surface area contributed by atoms with Crippen molar-refractivity contribution in [2.45, 2.75) is 6.18 Å². The van der Waals surface area contributed by atoms with Crippen LogP contribution in [0.25, 0.3) is 10.9 Å². The largest absolute Gasteiger partial charge is 0.434 e. The third kappa shape index (κ3) is 3.08. The lowest BCUT2D eigenvalue weighted by Gasteiger charge is -2.12. The van der Waals surface area contributed by atoms with Gasteiger partial charge in [0.1, 0.15) is 5.82 Å². The summed E-state index contributed by atoms with van der Waals surface area (Å²) in [6, 6.07) is 7.94. The van der Waals surface area contributed by atoms with E-state index in [1.165, 1.54) is 6.07 Å². The van der Waals surface area contributed by atoms with E-state index >= 15 is 0 Å². The first-order valence-electron chi connectivity index (χ1n) is 6.22. The highest BCUT2D eigenvalue weighted by atomic mass is 19.4. The van der Waals surface area contributed by atoms with Crippen molar-refractivity contribution < 1.29 is 13.2 Å². The van der Waals surface area contributed by atoms with Gasteiger partial charge in [-0.25, -0.2) is 9.98 Å². The van der Waals surface area contributed by atoms with Gasteiger partial charge in [0.15, 0.2) is 5.71 Å². The fraction of sp³-hybridized carbons (Fsp3) is 0.0667. The van der Waals surface area contributed by atoms with E-state index in [2.05, 4.69) is 16.6 Å². The Kier molecular flexibility index (Phi) is 4.16. The molecule has 0 saturated heterocycles. The van der Waals surface area contributed by atoms with Crippen LogP contribution in [-0.2, 0) is 0 Å². The van der Waals surface area contributed by atoms with Crippen molar-refractivity contribution in [2.75, 3.05) is 5.73 Å². The van der Waals surface area contributed by atoms with E-state index < -0.39 is 11.9 Å². The highest BCUT2D eigenvalue weighted by Gasteiger charge is 2.37. The zero-order valence-corrected chi connectivity index (χ0v) is 11.4. The molecule has 1 aromatic heterocycles. The standard InChI is InChI=1S/C15H13F3N4/c1-2-9(8-19)14(15(16,17)18)22-12-7-13(20)21-11-6-4-3-5-10(11)12/h2-8H,1,19H2,(H2,20,21). The van der Waals surface area contributed by atoms with Crippen LogP contribution in [0.4, 0.5) is 24.7 Å². The van der Waals surface area contributed by atoms with Gasteiger partial charge in [-0.05, 0) is 6.07 Å². The number of fused-ring (bicyclic) bond motifs is 1. The third-order valence-electron chi connectivity index (χ3n) is 2.89. The number of benzene rings is 1. The van der Waals surface area contributed by atoms with Gasteiger partial charge in [-0.3, -0.25) is 0 Å². The van der Waals surface area contributed by atoms with E-state index in [9.17, 15) is 13.2 Å². The Morgan fingerprint density at radius 2 is 1.95 bits per heavy atom. The fourth-order valence-electron chi connectivity index (χ4n) is 1.93. The van der Waals surface area contributed by atoms with Gasteiger partial charge in [0.2, 0.25) is 0 Å². The first kappa shape index (κ1) is 15.6. The maximum absolute atomic E-state index is 13.2. The van der Waals surface area contributed by atoms with Gasteiger partial charge in [-0.15, -0.1) is 0 Å². The van der Waals surface area contributed by atoms with Crippen molar-refractivity contribution in [1.29, 1.82) is 0 Å². The fourth-order valence-corrected chi connectivity index (χ4v) is 1.93. The molecule has 1 aromatic carbocycles. The van der Waals surface area contributed by atoms with Crippen LogP contribution >= 0.6 is 0 Å². The third-order valence-corrected chi connectivity index (χ3v) is 2.89. The summed E-state index contributed by atoms with van der Waals surface area (Å²) in [6.07, 6.45) is -2.87. The predicted octanol–water partition coefficient (Wildman–Crippen LogP) is 3.48. The maximum atomic E-state index is 13.2. The number of alkyl halides is 3. The summed E-state index contributed by atoms with van der Waals surface area (Å²) in [4.78, 5) is 7.77. The first-order chi connectivity index (χ1) is 10.4. The van der Waals surface area contributed by atoms with E-state index in [1.54, 1.807) is 24.3 Å². The van der Waals surface area contributed by atoms with Crippen LogP contribution in [0.2, 0.25) is 0 Å². The summed E-state index contributed by atoms with van der Waals surface area (Å²) in [5.74, 6) is 0.0795. The summed E-state index contributed by atoms with van der Waals surface area (Å²) in [6.45, 7) is 3.32. The van der Waals surface area contributed by atoms with Crippen molar-refractivity contribution in [3.63, 3.8) is 0 Å². The number of hydrogen-bond donors (Lipinski definition) is 2. The molecule has 0 saturated carbocycles. The molecule has 22 heavy (non-hydrogen) atoms. The van der Waals surface area contributed by atoms with Gasteiger partial charge < -0.3 is 11.5 Å². The number of nitrogens with two attached hydrogens (primary N) is 2. The number of pyridine rings is 1. The minimum atomic E-state index is -4.68. The van der Waals surface area contributed by atoms with Crippen molar-refractivity contribution >= 4 is 28.1 Å². The molecule has 1 heterocycles. The topological polar surface area (TPSA) is 77.3 Å². The lowest BCUT2D eigenvalue weighted by atomic mass is 10.1. The van der Waals surface area contributed by atoms with Gasteiger partial charge in [0.25, 0.3) is 0 Å². The molecular weight excluding hydrogens is 293 g/mol. The van der Waals surface area contributed by atoms with Crippen LogP contribution in [0.5, 0.6) is 0 Å². The summed E-state index contributed by atoms with van der Waals surface area (Å²) in [5, 5.41) is 0.457. The van der Waals surface area contributed by atoms with E-state index in [4.69, 9.17) is 11.5 Å². The molecule has 0 fully saturated rings. The minimum Gasteiger partial charge on any atom is -0.404 e. The summed E-state index contributed by atoms with van der Waals surface area (Å²) >= 11 is 0. The van der Waals surface area contributed by atoms with Gasteiger partial charge in [0, 0.05) is 23.2 Å². The van der Waals surface area contributed by atoms with Crippen LogP contribution in [0.3, 0.4) is 0 Å². The Morgan fingerprint density at radius 1 is 1.27 bits per heavy atom. The molecule has 0 bridgehead atoms. The second-order valence-electron chi connectivity index (χ2n) is 4.37. The number of aliphatic imine (C=N–C) groups is 1. The van der Waals surface area contributed by atoms with Crippen molar-refractivity contribution in [3.05, 3.63) is 54.8 Å². The van der Waals surface area contributed by atoms with Crippen molar-refractivity contribution in [1.82, 2.24) is 4.98 Å². The number of para-hydroxylation sites is 1. The number of halogens is 3. The molecule has 4 nitrogen and oxygen atoms in total. The Hall–Kier alpha value is -2.83. The van der Waals surface area contributed by atoms with Crippen LogP contribution in [-0.4, -0.2) is 16.9 Å². The van der Waals surface area contributed by atoms with Gasteiger partial charge in [-0.2, -0.15) is 13.2 Å². The normalized spacial score (nSPS) is 13.4. The van der Waals surface area contributed by atoms with Crippen molar-refractivity contribution in [2.24, 2.45) is 10.7 Å². The molecule has 0 spiro atoms. The number of allylic oxidation sites excluding steroid dienone is 2. The summed E-state index contributed by atoms with van der Waals surface area (Å²) < 4.78 is 39.6. The minimum absolute atomic E-state index is 0.0663. The van der Waals surface area contributed by atoms with Crippen LogP contribution in [0.15, 0.2) is 59.8 Å². The zero-order chi connectivity index (χ0) is 16.3. The second kappa shape index (κ2) is 5.88. The Labute approximate surface area is 124 Å². The molecule has 0 aliphatic carbocycles. The number of rotatable bonds is 3. The molecule has 0 aliphatic rings. The molecule has 0 radical (unpaired) electrons. The van der Waals surface area contributed by atoms with Gasteiger partial charge in [0.05, 0.1) is 11.2 Å². The monoisotopic (exact) mass is 306 g/mol. The molecule has 2 aromatic rings. The number of anilines is 1. The Bertz CT molecular complexity index is 776. The SMILES string of the molecule is C=CC(=CN)C(=Nc1cc(N)nc2ccccc12)C(F)(F)F. The van der Waals surface area contributed by atoms with Crippen LogP contribution in [0.1, 0.15) is 0 Å². The number of nitrogens with zero attached hydrogens (tertiary/aromatic N) is 2. The highest BCUT2D eigenvalue weighted by molar-refractivity contribution is 6.09. The van der Waals surface area contributed by atoms with Gasteiger partial charge >= 0.3 is 6.18 Å². The van der Waals surface area contributed by atoms with E-state index in [-0.39, 0.29) is 17.1 Å². The maximum Gasteiger partial charge on any atom is 0.434 e. The molecule has 0 aliphatic heterocycles. The molecule has 0 amide bonds. The molecule has 114 valence electrons. The average molecular weight is 306 g/mol. The lowest BCUT2D eigenvalue weighted by molar-refractivity contribution is -0.0580. The van der Waals surface area contributed by atoms with E-state index in [0.717, 1.165) is 12.3 Å². The lowest BCUT2D eigenvalue weighted by Crippen LogP contribution is -2.24. The molecule has 0 atom stereocenters. The average Bonchev–Trinajstić information content (AvgIpc) is 2.46. The molecule has 4 N–H and O–H groups in total. The first-order valence-corrected chi connectivity index (χ1v) is 6.22. The molecule has 0 unspecified atom stereocenters. The highest BCUT2D eigenvalue weighted by Crippen LogP contribution is 2.31. The second-order valence-corrected chi connectivity index (χ2v) is 4.37. The molecular formula is C15H13F3N4. The van der Waals surface area contributed by atoms with Gasteiger partial charge in [-0.1, -0.05) is 30.9 Å². The number of nitrogen functional groups attached to an aromatic ring is 1. The molecule has 2 rings (SSSR count). The Morgan fingerprint density at radius 3 is 2.55 bits per heavy atom. The van der Waals surface area contributed by atoms with E-state index in [0.29, 0.717) is 10.9 Å². The summed E-state index contributed by atoms with van der Waals surface area (Å²) in [5.41, 5.74) is 9.93. The predicted molar refractivity (Wildman–Crippen MR) is 81.8 cm³/mol. The van der Waals surface area contributed by atoms with Crippen molar-refractivity contribution in [3.8, 4) is 0 Å².